The molecule has 1 aliphatic rings. The molecule has 0 spiro atoms. The van der Waals surface area contributed by atoms with Crippen molar-refractivity contribution in [2.75, 3.05) is 11.4 Å². The number of nitriles is 1. The molecule has 1 aromatic heterocycles. The van der Waals surface area contributed by atoms with Crippen LogP contribution in [0.4, 0.5) is 5.82 Å². The van der Waals surface area contributed by atoms with Crippen molar-refractivity contribution in [2.45, 2.75) is 32.2 Å². The summed E-state index contributed by atoms with van der Waals surface area (Å²) in [5.41, 5.74) is 1.72. The topological polar surface area (TPSA) is 39.9 Å². The Balaban J connectivity index is 2.20. The normalized spacial score (nSPS) is 17.6. The van der Waals surface area contributed by atoms with Gasteiger partial charge in [0.2, 0.25) is 0 Å². The Hall–Kier alpha value is -2.08. The Morgan fingerprint density at radius 1 is 1.32 bits per heavy atom. The van der Waals surface area contributed by atoms with Crippen LogP contribution in [0.2, 0.25) is 0 Å². The number of benzene rings is 1. The van der Waals surface area contributed by atoms with Gasteiger partial charge >= 0.3 is 0 Å². The molecular weight excluding hydrogens is 234 g/mol. The lowest BCUT2D eigenvalue weighted by Gasteiger charge is -2.33. The Bertz CT molecular complexity index is 667. The number of pyridine rings is 1. The molecule has 96 valence electrons. The standard InChI is InChI=1S/C16H17N3/c1-16(2)8-5-9-19(16)15-13(11-17)10-12-6-3-4-7-14(12)18-15/h3-4,6-7,10H,5,8-9H2,1-2H3. The number of rotatable bonds is 1. The lowest BCUT2D eigenvalue weighted by atomic mass is 10.0. The SMILES string of the molecule is CC1(C)CCCN1c1nc2ccccc2cc1C#N. The van der Waals surface area contributed by atoms with Crippen molar-refractivity contribution in [3.63, 3.8) is 0 Å². The van der Waals surface area contributed by atoms with E-state index in [0.717, 1.165) is 36.1 Å². The van der Waals surface area contributed by atoms with E-state index in [0.29, 0.717) is 5.56 Å². The third kappa shape index (κ3) is 1.94. The second-order valence-electron chi connectivity index (χ2n) is 5.73. The summed E-state index contributed by atoms with van der Waals surface area (Å²) in [6, 6.07) is 12.2. The van der Waals surface area contributed by atoms with E-state index in [9.17, 15) is 5.26 Å². The molecule has 0 unspecified atom stereocenters. The molecule has 2 aromatic rings. The van der Waals surface area contributed by atoms with Crippen LogP contribution in [0.5, 0.6) is 0 Å². The van der Waals surface area contributed by atoms with Gasteiger partial charge in [0, 0.05) is 17.5 Å². The predicted molar refractivity (Wildman–Crippen MR) is 77.1 cm³/mol. The highest BCUT2D eigenvalue weighted by atomic mass is 15.3. The summed E-state index contributed by atoms with van der Waals surface area (Å²) in [5.74, 6) is 0.837. The van der Waals surface area contributed by atoms with E-state index < -0.39 is 0 Å². The van der Waals surface area contributed by atoms with Crippen molar-refractivity contribution >= 4 is 16.7 Å². The second kappa shape index (κ2) is 4.24. The van der Waals surface area contributed by atoms with Gasteiger partial charge in [-0.3, -0.25) is 0 Å². The fourth-order valence-corrected chi connectivity index (χ4v) is 2.89. The third-order valence-corrected chi connectivity index (χ3v) is 3.98. The van der Waals surface area contributed by atoms with Crippen LogP contribution in [0.25, 0.3) is 10.9 Å². The largest absolute Gasteiger partial charge is 0.350 e. The molecule has 1 saturated heterocycles. The van der Waals surface area contributed by atoms with Crippen LogP contribution in [0, 0.1) is 11.3 Å². The Labute approximate surface area is 113 Å². The summed E-state index contributed by atoms with van der Waals surface area (Å²) in [6.45, 7) is 5.42. The minimum Gasteiger partial charge on any atom is -0.350 e. The van der Waals surface area contributed by atoms with Crippen molar-refractivity contribution in [1.82, 2.24) is 4.98 Å². The van der Waals surface area contributed by atoms with Crippen LogP contribution in [0.3, 0.4) is 0 Å². The van der Waals surface area contributed by atoms with Gasteiger partial charge in [-0.25, -0.2) is 4.98 Å². The molecule has 0 saturated carbocycles. The Morgan fingerprint density at radius 3 is 2.79 bits per heavy atom. The summed E-state index contributed by atoms with van der Waals surface area (Å²) in [6.07, 6.45) is 2.30. The first-order valence-electron chi connectivity index (χ1n) is 6.69. The van der Waals surface area contributed by atoms with E-state index in [4.69, 9.17) is 4.98 Å². The molecule has 1 aromatic carbocycles. The molecule has 0 aliphatic carbocycles. The lowest BCUT2D eigenvalue weighted by molar-refractivity contribution is 0.514. The van der Waals surface area contributed by atoms with Gasteiger partial charge in [-0.2, -0.15) is 5.26 Å². The number of anilines is 1. The van der Waals surface area contributed by atoms with Gasteiger partial charge in [0.25, 0.3) is 0 Å². The fourth-order valence-electron chi connectivity index (χ4n) is 2.89. The van der Waals surface area contributed by atoms with Crippen molar-refractivity contribution in [3.8, 4) is 6.07 Å². The zero-order valence-electron chi connectivity index (χ0n) is 11.3. The number of hydrogen-bond acceptors (Lipinski definition) is 3. The number of nitrogens with zero attached hydrogens (tertiary/aromatic N) is 3. The van der Waals surface area contributed by atoms with E-state index in [2.05, 4.69) is 24.8 Å². The van der Waals surface area contributed by atoms with E-state index in [1.54, 1.807) is 0 Å². The summed E-state index contributed by atoms with van der Waals surface area (Å²) < 4.78 is 0. The average Bonchev–Trinajstić information content (AvgIpc) is 2.76. The molecule has 0 amide bonds. The third-order valence-electron chi connectivity index (χ3n) is 3.98. The molecule has 3 heteroatoms. The van der Waals surface area contributed by atoms with Crippen LogP contribution >= 0.6 is 0 Å². The van der Waals surface area contributed by atoms with Gasteiger partial charge in [0.1, 0.15) is 11.9 Å². The minimum atomic E-state index is 0.0844. The lowest BCUT2D eigenvalue weighted by Crippen LogP contribution is -2.39. The molecule has 2 heterocycles. The molecule has 0 bridgehead atoms. The highest BCUT2D eigenvalue weighted by molar-refractivity contribution is 5.83. The van der Waals surface area contributed by atoms with Gasteiger partial charge in [-0.15, -0.1) is 0 Å². The van der Waals surface area contributed by atoms with Crippen molar-refractivity contribution < 1.29 is 0 Å². The summed E-state index contributed by atoms with van der Waals surface area (Å²) in [5, 5.41) is 10.4. The maximum absolute atomic E-state index is 9.39. The number of para-hydroxylation sites is 1. The van der Waals surface area contributed by atoms with Crippen molar-refractivity contribution in [2.24, 2.45) is 0 Å². The van der Waals surface area contributed by atoms with Crippen LogP contribution in [0.15, 0.2) is 30.3 Å². The molecule has 19 heavy (non-hydrogen) atoms. The molecule has 3 rings (SSSR count). The Morgan fingerprint density at radius 2 is 2.11 bits per heavy atom. The molecule has 0 N–H and O–H groups in total. The molecule has 1 fully saturated rings. The summed E-state index contributed by atoms with van der Waals surface area (Å²) in [4.78, 5) is 7.00. The first kappa shape index (κ1) is 12.0. The predicted octanol–water partition coefficient (Wildman–Crippen LogP) is 3.49. The zero-order chi connectivity index (χ0) is 13.5. The number of fused-ring (bicyclic) bond motifs is 1. The van der Waals surface area contributed by atoms with Crippen LogP contribution in [0.1, 0.15) is 32.3 Å². The van der Waals surface area contributed by atoms with Gasteiger partial charge in [-0.05, 0) is 38.8 Å². The van der Waals surface area contributed by atoms with Crippen LogP contribution < -0.4 is 4.90 Å². The highest BCUT2D eigenvalue weighted by Crippen LogP contribution is 2.35. The van der Waals surface area contributed by atoms with E-state index >= 15 is 0 Å². The fraction of sp³-hybridized carbons (Fsp3) is 0.375. The quantitative estimate of drug-likeness (QED) is 0.779. The zero-order valence-corrected chi connectivity index (χ0v) is 11.3. The van der Waals surface area contributed by atoms with Crippen molar-refractivity contribution in [3.05, 3.63) is 35.9 Å². The van der Waals surface area contributed by atoms with Gasteiger partial charge < -0.3 is 4.90 Å². The van der Waals surface area contributed by atoms with E-state index in [1.165, 1.54) is 0 Å². The van der Waals surface area contributed by atoms with Crippen LogP contribution in [-0.4, -0.2) is 17.1 Å². The molecule has 1 aliphatic heterocycles. The number of hydrogen-bond donors (Lipinski definition) is 0. The molecule has 0 radical (unpaired) electrons. The summed E-state index contributed by atoms with van der Waals surface area (Å²) in [7, 11) is 0. The van der Waals surface area contributed by atoms with Crippen LogP contribution in [-0.2, 0) is 0 Å². The maximum Gasteiger partial charge on any atom is 0.147 e. The first-order chi connectivity index (χ1) is 9.12. The van der Waals surface area contributed by atoms with Gasteiger partial charge in [0.05, 0.1) is 11.1 Å². The molecular formula is C16H17N3. The number of aromatic nitrogens is 1. The summed E-state index contributed by atoms with van der Waals surface area (Å²) >= 11 is 0. The molecule has 3 nitrogen and oxygen atoms in total. The Kier molecular flexibility index (Phi) is 2.67. The van der Waals surface area contributed by atoms with E-state index in [1.807, 2.05) is 30.3 Å². The highest BCUT2D eigenvalue weighted by Gasteiger charge is 2.34. The van der Waals surface area contributed by atoms with Gasteiger partial charge in [-0.1, -0.05) is 18.2 Å². The smallest absolute Gasteiger partial charge is 0.147 e. The average molecular weight is 251 g/mol. The second-order valence-corrected chi connectivity index (χ2v) is 5.73. The van der Waals surface area contributed by atoms with Gasteiger partial charge in [0.15, 0.2) is 0 Å². The molecule has 0 atom stereocenters. The first-order valence-corrected chi connectivity index (χ1v) is 6.69. The maximum atomic E-state index is 9.39. The van der Waals surface area contributed by atoms with E-state index in [-0.39, 0.29) is 5.54 Å². The minimum absolute atomic E-state index is 0.0844. The monoisotopic (exact) mass is 251 g/mol. The van der Waals surface area contributed by atoms with Crippen molar-refractivity contribution in [1.29, 1.82) is 5.26 Å².